The van der Waals surface area contributed by atoms with Crippen LogP contribution in [0, 0.1) is 5.82 Å². The number of amides is 1. The zero-order valence-electron chi connectivity index (χ0n) is 24.6. The number of rotatable bonds is 13. The largest absolute Gasteiger partial charge is 0.494 e. The quantitative estimate of drug-likeness (QED) is 0.0658. The summed E-state index contributed by atoms with van der Waals surface area (Å²) in [6, 6.07) is 25.2. The van der Waals surface area contributed by atoms with Crippen molar-refractivity contribution < 1.29 is 23.8 Å². The van der Waals surface area contributed by atoms with Crippen LogP contribution < -0.4 is 10.1 Å². The minimum Gasteiger partial charge on any atom is -0.494 e. The van der Waals surface area contributed by atoms with Gasteiger partial charge >= 0.3 is 0 Å². The van der Waals surface area contributed by atoms with Crippen molar-refractivity contribution >= 4 is 40.7 Å². The second kappa shape index (κ2) is 15.1. The average molecular weight is 663 g/mol. The third kappa shape index (κ3) is 7.43. The molecule has 9 nitrogen and oxygen atoms in total. The number of carbonyl (C=O) groups is 1. The fraction of sp³-hybridized carbons (Fsp3) is 0.235. The van der Waals surface area contributed by atoms with Crippen molar-refractivity contribution in [3.05, 3.63) is 140 Å². The lowest BCUT2D eigenvalue weighted by molar-refractivity contribution is -0.128. The molecule has 0 fully saturated rings. The van der Waals surface area contributed by atoms with Gasteiger partial charge in [0.25, 0.3) is 5.91 Å². The van der Waals surface area contributed by atoms with E-state index in [0.717, 1.165) is 0 Å². The minimum absolute atomic E-state index is 0.0185. The number of benzene rings is 4. The molecule has 4 aromatic carbocycles. The van der Waals surface area contributed by atoms with Crippen LogP contribution in [0.5, 0.6) is 5.75 Å². The molecule has 2 atom stereocenters. The molecule has 0 bridgehead atoms. The number of aliphatic hydroxyl groups excluding tert-OH is 1. The number of aliphatic hydroxyl groups is 1. The summed E-state index contributed by atoms with van der Waals surface area (Å²) < 4.78 is 26.5. The van der Waals surface area contributed by atoms with E-state index in [4.69, 9.17) is 42.8 Å². The highest BCUT2D eigenvalue weighted by molar-refractivity contribution is 6.35. The monoisotopic (exact) mass is 661 g/mol. The second-order valence-electron chi connectivity index (χ2n) is 10.5. The average Bonchev–Trinajstić information content (AvgIpc) is 3.43. The molecule has 46 heavy (non-hydrogen) atoms. The van der Waals surface area contributed by atoms with Crippen LogP contribution >= 0.6 is 23.2 Å². The number of halogens is 3. The Hall–Kier alpha value is -4.60. The molecule has 0 saturated carbocycles. The Labute approximate surface area is 275 Å². The zero-order valence-corrected chi connectivity index (χ0v) is 26.1. The highest BCUT2D eigenvalue weighted by atomic mass is 35.5. The first-order valence-corrected chi connectivity index (χ1v) is 15.3. The van der Waals surface area contributed by atoms with Gasteiger partial charge in [-0.05, 0) is 65.5 Å². The fourth-order valence-electron chi connectivity index (χ4n) is 5.23. The van der Waals surface area contributed by atoms with E-state index in [2.05, 4.69) is 15.3 Å². The summed E-state index contributed by atoms with van der Waals surface area (Å²) in [5, 5.41) is 16.5. The lowest BCUT2D eigenvalue weighted by atomic mass is 9.81. The molecule has 5 rings (SSSR count). The maximum absolute atomic E-state index is 14.5. The molecule has 0 aromatic heterocycles. The SMILES string of the molecule is [N-]=[N+]=Nc1ccccc1C[C@@]1(C(=O)NCCc2ccccc2F)N=C(c2ccc(OCCCO)cc2)O[C@@H]1c1ccc(Cl)cc1Cl. The van der Waals surface area contributed by atoms with Crippen LogP contribution in [-0.2, 0) is 22.4 Å². The van der Waals surface area contributed by atoms with Gasteiger partial charge in [0.05, 0.1) is 6.61 Å². The molecule has 1 aliphatic heterocycles. The molecule has 4 aromatic rings. The molecule has 0 spiro atoms. The van der Waals surface area contributed by atoms with Crippen molar-refractivity contribution in [2.75, 3.05) is 19.8 Å². The van der Waals surface area contributed by atoms with Crippen molar-refractivity contribution in [1.82, 2.24) is 5.32 Å². The van der Waals surface area contributed by atoms with E-state index >= 15 is 0 Å². The number of carbonyl (C=O) groups excluding carboxylic acids is 1. The molecule has 1 aliphatic rings. The van der Waals surface area contributed by atoms with Gasteiger partial charge in [-0.3, -0.25) is 4.79 Å². The number of nitrogens with one attached hydrogen (secondary N) is 1. The molecular formula is C34H30Cl2FN5O4. The van der Waals surface area contributed by atoms with Gasteiger partial charge in [0.2, 0.25) is 5.90 Å². The summed E-state index contributed by atoms with van der Waals surface area (Å²) in [7, 11) is 0. The predicted molar refractivity (Wildman–Crippen MR) is 175 cm³/mol. The van der Waals surface area contributed by atoms with E-state index in [1.165, 1.54) is 6.07 Å². The van der Waals surface area contributed by atoms with Crippen LogP contribution in [0.15, 0.2) is 101 Å². The summed E-state index contributed by atoms with van der Waals surface area (Å²) >= 11 is 12.9. The third-order valence-corrected chi connectivity index (χ3v) is 8.08. The first kappa shape index (κ1) is 32.8. The molecule has 2 N–H and O–H groups in total. The van der Waals surface area contributed by atoms with E-state index in [9.17, 15) is 14.7 Å². The van der Waals surface area contributed by atoms with E-state index < -0.39 is 17.6 Å². The predicted octanol–water partition coefficient (Wildman–Crippen LogP) is 7.69. The molecule has 1 amide bonds. The fourth-order valence-corrected chi connectivity index (χ4v) is 5.74. The summed E-state index contributed by atoms with van der Waals surface area (Å²) in [5.74, 6) is -0.0830. The standard InChI is InChI=1S/C34H30Cl2FN5O4/c35-25-12-15-27(28(36)20-25)31-34(21-24-7-2-4-9-30(24)41-42-38,33(44)39-17-16-22-6-1-3-8-29(22)37)40-32(46-31)23-10-13-26(14-11-23)45-19-5-18-43/h1-4,6-15,20,31,43H,5,16-19,21H2,(H,39,44)/t31-,34-/m1/s1. The van der Waals surface area contributed by atoms with Crippen LogP contribution in [0.2, 0.25) is 10.0 Å². The van der Waals surface area contributed by atoms with E-state index in [1.807, 2.05) is 0 Å². The maximum atomic E-state index is 14.5. The van der Waals surface area contributed by atoms with E-state index in [1.54, 1.807) is 84.9 Å². The Morgan fingerprint density at radius 1 is 1.07 bits per heavy atom. The first-order valence-electron chi connectivity index (χ1n) is 14.5. The van der Waals surface area contributed by atoms with Gasteiger partial charge in [-0.1, -0.05) is 76.8 Å². The number of aliphatic imine (C=N–C) groups is 1. The first-order chi connectivity index (χ1) is 22.3. The van der Waals surface area contributed by atoms with Gasteiger partial charge in [-0.2, -0.15) is 0 Å². The number of nitrogens with zero attached hydrogens (tertiary/aromatic N) is 4. The Balaban J connectivity index is 1.59. The van der Waals surface area contributed by atoms with Crippen molar-refractivity contribution in [2.24, 2.45) is 10.1 Å². The number of hydrogen-bond donors (Lipinski definition) is 2. The van der Waals surface area contributed by atoms with Crippen LogP contribution in [0.3, 0.4) is 0 Å². The minimum atomic E-state index is -1.64. The number of hydrogen-bond acceptors (Lipinski definition) is 6. The molecule has 12 heteroatoms. The van der Waals surface area contributed by atoms with Gasteiger partial charge in [-0.15, -0.1) is 0 Å². The molecule has 0 saturated heterocycles. The highest BCUT2D eigenvalue weighted by Crippen LogP contribution is 2.46. The van der Waals surface area contributed by atoms with Crippen LogP contribution in [-0.4, -0.2) is 42.2 Å². The Morgan fingerprint density at radius 2 is 1.80 bits per heavy atom. The second-order valence-corrected chi connectivity index (χ2v) is 11.4. The number of ether oxygens (including phenoxy) is 2. The van der Waals surface area contributed by atoms with Gasteiger partial charge in [0, 0.05) is 57.8 Å². The van der Waals surface area contributed by atoms with Gasteiger partial charge in [0.1, 0.15) is 11.6 Å². The van der Waals surface area contributed by atoms with Gasteiger partial charge in [-0.25, -0.2) is 9.38 Å². The van der Waals surface area contributed by atoms with E-state index in [0.29, 0.717) is 51.7 Å². The molecule has 236 valence electrons. The lowest BCUT2D eigenvalue weighted by Crippen LogP contribution is -2.50. The summed E-state index contributed by atoms with van der Waals surface area (Å²) in [4.78, 5) is 22.4. The topological polar surface area (TPSA) is 129 Å². The Kier molecular flexibility index (Phi) is 10.8. The molecule has 0 unspecified atom stereocenters. The summed E-state index contributed by atoms with van der Waals surface area (Å²) in [6.45, 7) is 0.487. The van der Waals surface area contributed by atoms with Crippen LogP contribution in [0.4, 0.5) is 10.1 Å². The third-order valence-electron chi connectivity index (χ3n) is 7.52. The Bertz CT molecular complexity index is 1780. The van der Waals surface area contributed by atoms with Crippen molar-refractivity contribution in [2.45, 2.75) is 30.9 Å². The molecular weight excluding hydrogens is 632 g/mol. The van der Waals surface area contributed by atoms with Crippen LogP contribution in [0.1, 0.15) is 34.8 Å². The van der Waals surface area contributed by atoms with Crippen molar-refractivity contribution in [3.63, 3.8) is 0 Å². The summed E-state index contributed by atoms with van der Waals surface area (Å²) in [5.41, 5.74) is 9.99. The van der Waals surface area contributed by atoms with Gasteiger partial charge in [0.15, 0.2) is 11.6 Å². The van der Waals surface area contributed by atoms with E-state index in [-0.39, 0.29) is 42.7 Å². The maximum Gasteiger partial charge on any atom is 0.252 e. The highest BCUT2D eigenvalue weighted by Gasteiger charge is 2.54. The Morgan fingerprint density at radius 3 is 2.52 bits per heavy atom. The lowest BCUT2D eigenvalue weighted by Gasteiger charge is -2.31. The van der Waals surface area contributed by atoms with Crippen molar-refractivity contribution in [1.29, 1.82) is 0 Å². The molecule has 0 aliphatic carbocycles. The molecule has 0 radical (unpaired) electrons. The summed E-state index contributed by atoms with van der Waals surface area (Å²) in [6.07, 6.45) is -0.318. The normalized spacial score (nSPS) is 17.0. The van der Waals surface area contributed by atoms with Gasteiger partial charge < -0.3 is 19.9 Å². The number of azide groups is 1. The zero-order chi connectivity index (χ0) is 32.5. The smallest absolute Gasteiger partial charge is 0.252 e. The van der Waals surface area contributed by atoms with Crippen LogP contribution in [0.25, 0.3) is 10.4 Å². The van der Waals surface area contributed by atoms with Crippen molar-refractivity contribution in [3.8, 4) is 5.75 Å². The molecule has 1 heterocycles.